The number of nitrogens with zero attached hydrogens (tertiary/aromatic N) is 2. The van der Waals surface area contributed by atoms with Crippen LogP contribution in [0.25, 0.3) is 0 Å². The van der Waals surface area contributed by atoms with Crippen molar-refractivity contribution in [3.05, 3.63) is 46.6 Å². The van der Waals surface area contributed by atoms with Crippen LogP contribution < -0.4 is 10.6 Å². The minimum Gasteiger partial charge on any atom is -0.384 e. The lowest BCUT2D eigenvalue weighted by atomic mass is 9.79. The molecular weight excluding hydrogens is 368 g/mol. The first kappa shape index (κ1) is 19.8. The summed E-state index contributed by atoms with van der Waals surface area (Å²) in [5.74, 6) is 0.745. The van der Waals surface area contributed by atoms with E-state index in [2.05, 4.69) is 20.8 Å². The summed E-state index contributed by atoms with van der Waals surface area (Å²) in [5.41, 5.74) is -0.617. The molecule has 0 unspecified atom stereocenters. The number of aromatic nitrogens is 2. The van der Waals surface area contributed by atoms with E-state index in [1.165, 1.54) is 0 Å². The molecular formula is C19H25ClN4O3. The molecule has 1 aliphatic rings. The maximum absolute atomic E-state index is 12.6. The number of amides is 1. The van der Waals surface area contributed by atoms with E-state index < -0.39 is 5.54 Å². The molecule has 2 aromatic rings. The molecule has 7 nitrogen and oxygen atoms in total. The van der Waals surface area contributed by atoms with E-state index in [0.717, 1.165) is 25.9 Å². The Bertz CT molecular complexity index is 794. The highest BCUT2D eigenvalue weighted by molar-refractivity contribution is 6.30. The van der Waals surface area contributed by atoms with Crippen molar-refractivity contribution in [1.82, 2.24) is 20.8 Å². The van der Waals surface area contributed by atoms with Gasteiger partial charge in [0.05, 0.1) is 17.6 Å². The minimum atomic E-state index is -0.803. The summed E-state index contributed by atoms with van der Waals surface area (Å²) in [6.45, 7) is 5.95. The second-order valence-electron chi connectivity index (χ2n) is 7.48. The molecule has 1 amide bonds. The van der Waals surface area contributed by atoms with Gasteiger partial charge in [0.2, 0.25) is 5.89 Å². The summed E-state index contributed by atoms with van der Waals surface area (Å²) in [5, 5.41) is 11.0. The average molecular weight is 393 g/mol. The van der Waals surface area contributed by atoms with E-state index in [0.29, 0.717) is 28.9 Å². The van der Waals surface area contributed by atoms with Crippen LogP contribution in [0.4, 0.5) is 0 Å². The second-order valence-corrected chi connectivity index (χ2v) is 7.91. The van der Waals surface area contributed by atoms with Gasteiger partial charge in [0.15, 0.2) is 5.82 Å². The Morgan fingerprint density at radius 2 is 2.15 bits per heavy atom. The van der Waals surface area contributed by atoms with Crippen LogP contribution in [0.2, 0.25) is 5.02 Å². The quantitative estimate of drug-likeness (QED) is 0.785. The lowest BCUT2D eigenvalue weighted by Crippen LogP contribution is -2.44. The number of methoxy groups -OCH3 is 1. The molecule has 2 heterocycles. The van der Waals surface area contributed by atoms with Crippen LogP contribution in [0.15, 0.2) is 28.8 Å². The Hall–Kier alpha value is -1.96. The maximum Gasteiger partial charge on any atom is 0.252 e. The zero-order valence-corrected chi connectivity index (χ0v) is 16.6. The molecule has 0 atom stereocenters. The Labute approximate surface area is 163 Å². The Kier molecular flexibility index (Phi) is 5.83. The fraction of sp³-hybridized carbons (Fsp3) is 0.526. The van der Waals surface area contributed by atoms with Gasteiger partial charge in [-0.1, -0.05) is 22.8 Å². The first-order chi connectivity index (χ1) is 12.9. The number of carbonyl (C=O) groups is 1. The van der Waals surface area contributed by atoms with Crippen molar-refractivity contribution in [2.45, 2.75) is 37.6 Å². The molecule has 0 aliphatic carbocycles. The smallest absolute Gasteiger partial charge is 0.252 e. The van der Waals surface area contributed by atoms with E-state index in [9.17, 15) is 4.79 Å². The zero-order chi connectivity index (χ0) is 19.5. The van der Waals surface area contributed by atoms with E-state index in [1.54, 1.807) is 31.4 Å². The molecule has 1 aromatic carbocycles. The van der Waals surface area contributed by atoms with Gasteiger partial charge in [-0.3, -0.25) is 4.79 Å². The van der Waals surface area contributed by atoms with Crippen LogP contribution in [0, 0.1) is 0 Å². The van der Waals surface area contributed by atoms with Crippen LogP contribution in [-0.4, -0.2) is 42.9 Å². The molecule has 1 aromatic heterocycles. The predicted octanol–water partition coefficient (Wildman–Crippen LogP) is 2.66. The largest absolute Gasteiger partial charge is 0.384 e. The van der Waals surface area contributed by atoms with E-state index in [4.69, 9.17) is 20.9 Å². The fourth-order valence-corrected chi connectivity index (χ4v) is 3.53. The molecule has 1 aliphatic heterocycles. The summed E-state index contributed by atoms with van der Waals surface area (Å²) in [7, 11) is 1.68. The zero-order valence-electron chi connectivity index (χ0n) is 15.8. The molecule has 0 spiro atoms. The summed E-state index contributed by atoms with van der Waals surface area (Å²) >= 11 is 5.97. The number of ether oxygens (including phenoxy) is 1. The topological polar surface area (TPSA) is 89.3 Å². The SMILES string of the molecule is COCC1(c2nc(C(C)(C)NC(=O)c3cccc(Cl)c3)no2)CCNCC1. The van der Waals surface area contributed by atoms with Crippen LogP contribution >= 0.6 is 11.6 Å². The lowest BCUT2D eigenvalue weighted by Gasteiger charge is -2.33. The molecule has 0 radical (unpaired) electrons. The number of carbonyl (C=O) groups excluding carboxylic acids is 1. The van der Waals surface area contributed by atoms with Gasteiger partial charge in [0.25, 0.3) is 5.91 Å². The van der Waals surface area contributed by atoms with Crippen molar-refractivity contribution in [2.24, 2.45) is 0 Å². The minimum absolute atomic E-state index is 0.248. The van der Waals surface area contributed by atoms with Gasteiger partial charge in [-0.2, -0.15) is 4.98 Å². The van der Waals surface area contributed by atoms with E-state index in [1.807, 2.05) is 13.8 Å². The number of piperidine rings is 1. The second kappa shape index (κ2) is 7.96. The van der Waals surface area contributed by atoms with Crippen molar-refractivity contribution < 1.29 is 14.1 Å². The fourth-order valence-electron chi connectivity index (χ4n) is 3.34. The van der Waals surface area contributed by atoms with Gasteiger partial charge in [-0.25, -0.2) is 0 Å². The Balaban J connectivity index is 1.80. The van der Waals surface area contributed by atoms with Crippen molar-refractivity contribution >= 4 is 17.5 Å². The molecule has 8 heteroatoms. The van der Waals surface area contributed by atoms with Gasteiger partial charge >= 0.3 is 0 Å². The maximum atomic E-state index is 12.6. The van der Waals surface area contributed by atoms with E-state index >= 15 is 0 Å². The number of rotatable bonds is 6. The van der Waals surface area contributed by atoms with Crippen molar-refractivity contribution in [2.75, 3.05) is 26.8 Å². The normalized spacial score (nSPS) is 16.9. The molecule has 0 saturated carbocycles. The van der Waals surface area contributed by atoms with Crippen LogP contribution in [0.5, 0.6) is 0 Å². The highest BCUT2D eigenvalue weighted by Crippen LogP contribution is 2.33. The molecule has 0 bridgehead atoms. The first-order valence-electron chi connectivity index (χ1n) is 8.99. The highest BCUT2D eigenvalue weighted by atomic mass is 35.5. The van der Waals surface area contributed by atoms with Gasteiger partial charge in [0, 0.05) is 17.7 Å². The molecule has 1 saturated heterocycles. The van der Waals surface area contributed by atoms with Crippen molar-refractivity contribution in [3.63, 3.8) is 0 Å². The van der Waals surface area contributed by atoms with Crippen LogP contribution in [0.1, 0.15) is 48.8 Å². The number of benzene rings is 1. The Morgan fingerprint density at radius 3 is 2.81 bits per heavy atom. The molecule has 146 valence electrons. The van der Waals surface area contributed by atoms with Crippen molar-refractivity contribution in [1.29, 1.82) is 0 Å². The van der Waals surface area contributed by atoms with Gasteiger partial charge < -0.3 is 19.9 Å². The summed E-state index contributed by atoms with van der Waals surface area (Å²) in [6, 6.07) is 6.80. The summed E-state index contributed by atoms with van der Waals surface area (Å²) < 4.78 is 11.0. The monoisotopic (exact) mass is 392 g/mol. The van der Waals surface area contributed by atoms with Gasteiger partial charge in [-0.15, -0.1) is 0 Å². The number of halogens is 1. The lowest BCUT2D eigenvalue weighted by molar-refractivity contribution is 0.0849. The first-order valence-corrected chi connectivity index (χ1v) is 9.36. The van der Waals surface area contributed by atoms with Crippen LogP contribution in [0.3, 0.4) is 0 Å². The highest BCUT2D eigenvalue weighted by Gasteiger charge is 2.41. The van der Waals surface area contributed by atoms with Gasteiger partial charge in [0.1, 0.15) is 0 Å². The Morgan fingerprint density at radius 1 is 1.41 bits per heavy atom. The average Bonchev–Trinajstić information content (AvgIpc) is 3.14. The number of hydrogen-bond donors (Lipinski definition) is 2. The number of hydrogen-bond acceptors (Lipinski definition) is 6. The molecule has 1 fully saturated rings. The summed E-state index contributed by atoms with van der Waals surface area (Å²) in [4.78, 5) is 17.2. The third-order valence-electron chi connectivity index (χ3n) is 4.93. The van der Waals surface area contributed by atoms with E-state index in [-0.39, 0.29) is 11.3 Å². The molecule has 3 rings (SSSR count). The van der Waals surface area contributed by atoms with Crippen LogP contribution in [-0.2, 0) is 15.7 Å². The summed E-state index contributed by atoms with van der Waals surface area (Å²) in [6.07, 6.45) is 1.72. The third-order valence-corrected chi connectivity index (χ3v) is 5.17. The molecule has 2 N–H and O–H groups in total. The predicted molar refractivity (Wildman–Crippen MR) is 102 cm³/mol. The third kappa shape index (κ3) is 4.31. The standard InChI is InChI=1S/C19H25ClN4O3/c1-18(2,23-15(25)13-5-4-6-14(20)11-13)16-22-17(27-24-16)19(12-26-3)7-9-21-10-8-19/h4-6,11,21H,7-10,12H2,1-3H3,(H,23,25). The number of nitrogens with one attached hydrogen (secondary N) is 2. The van der Waals surface area contributed by atoms with Crippen molar-refractivity contribution in [3.8, 4) is 0 Å². The molecule has 27 heavy (non-hydrogen) atoms. The van der Waals surface area contributed by atoms with Gasteiger partial charge in [-0.05, 0) is 58.0 Å².